The molecule has 0 N–H and O–H groups in total. The van der Waals surface area contributed by atoms with Crippen molar-refractivity contribution in [3.8, 4) is 0 Å². The fourth-order valence-corrected chi connectivity index (χ4v) is 4.65. The second-order valence-corrected chi connectivity index (χ2v) is 9.29. The topological polar surface area (TPSA) is 49.7 Å². The Labute approximate surface area is 169 Å². The monoisotopic (exact) mass is 508 g/mol. The average Bonchev–Trinajstić information content (AvgIpc) is 2.62. The summed E-state index contributed by atoms with van der Waals surface area (Å²) in [4.78, 5) is 0.101. The van der Waals surface area contributed by atoms with Crippen LogP contribution in [0.15, 0.2) is 58.5 Å². The number of halogens is 4. The zero-order chi connectivity index (χ0) is 19.8. The molecule has 144 valence electrons. The SMILES string of the molecule is CC1CCC(c2cccc(C(F)(F)F)c2)=NN1S(=O)(=O)c1ccc(I)cc1. The summed E-state index contributed by atoms with van der Waals surface area (Å²) in [5, 5.41) is 4.22. The van der Waals surface area contributed by atoms with Crippen LogP contribution in [-0.2, 0) is 16.2 Å². The van der Waals surface area contributed by atoms with Crippen molar-refractivity contribution in [2.75, 3.05) is 0 Å². The Morgan fingerprint density at radius 2 is 1.81 bits per heavy atom. The van der Waals surface area contributed by atoms with Gasteiger partial charge in [-0.1, -0.05) is 12.1 Å². The van der Waals surface area contributed by atoms with Gasteiger partial charge in [0.1, 0.15) is 0 Å². The zero-order valence-electron chi connectivity index (χ0n) is 14.2. The average molecular weight is 508 g/mol. The third-order valence-corrected chi connectivity index (χ3v) is 6.80. The van der Waals surface area contributed by atoms with Crippen molar-refractivity contribution in [1.29, 1.82) is 0 Å². The van der Waals surface area contributed by atoms with Crippen LogP contribution in [0.4, 0.5) is 13.2 Å². The summed E-state index contributed by atoms with van der Waals surface area (Å²) in [7, 11) is -3.89. The van der Waals surface area contributed by atoms with Gasteiger partial charge in [-0.2, -0.15) is 31.1 Å². The Kier molecular flexibility index (Phi) is 5.53. The van der Waals surface area contributed by atoms with Crippen LogP contribution in [0.1, 0.15) is 30.9 Å². The lowest BCUT2D eigenvalue weighted by Gasteiger charge is -2.31. The van der Waals surface area contributed by atoms with Gasteiger partial charge >= 0.3 is 6.18 Å². The Morgan fingerprint density at radius 1 is 1.15 bits per heavy atom. The van der Waals surface area contributed by atoms with E-state index < -0.39 is 21.8 Å². The highest BCUT2D eigenvalue weighted by Crippen LogP contribution is 2.31. The van der Waals surface area contributed by atoms with Gasteiger partial charge < -0.3 is 0 Å². The van der Waals surface area contributed by atoms with Gasteiger partial charge in [0.15, 0.2) is 0 Å². The van der Waals surface area contributed by atoms with Crippen LogP contribution >= 0.6 is 22.6 Å². The van der Waals surface area contributed by atoms with Crippen molar-refractivity contribution >= 4 is 38.3 Å². The molecule has 1 atom stereocenters. The van der Waals surface area contributed by atoms with Crippen LogP contribution < -0.4 is 0 Å². The fourth-order valence-electron chi connectivity index (χ4n) is 2.81. The molecule has 2 aromatic rings. The first-order valence-electron chi connectivity index (χ1n) is 8.14. The van der Waals surface area contributed by atoms with Crippen molar-refractivity contribution in [3.05, 3.63) is 63.2 Å². The van der Waals surface area contributed by atoms with E-state index in [1.54, 1.807) is 19.1 Å². The van der Waals surface area contributed by atoms with E-state index in [9.17, 15) is 21.6 Å². The maximum absolute atomic E-state index is 13.0. The minimum Gasteiger partial charge on any atom is -0.200 e. The first-order chi connectivity index (χ1) is 12.6. The van der Waals surface area contributed by atoms with E-state index in [0.717, 1.165) is 20.1 Å². The number of hydrazone groups is 1. The molecule has 0 aromatic heterocycles. The Morgan fingerprint density at radius 3 is 2.44 bits per heavy atom. The predicted molar refractivity (Wildman–Crippen MR) is 105 cm³/mol. The highest BCUT2D eigenvalue weighted by atomic mass is 127. The molecule has 1 heterocycles. The number of benzene rings is 2. The summed E-state index contributed by atoms with van der Waals surface area (Å²) in [6.45, 7) is 1.73. The number of hydrogen-bond acceptors (Lipinski definition) is 3. The zero-order valence-corrected chi connectivity index (χ0v) is 17.2. The van der Waals surface area contributed by atoms with Crippen LogP contribution in [0.2, 0.25) is 0 Å². The lowest BCUT2D eigenvalue weighted by molar-refractivity contribution is -0.137. The number of sulfonamides is 1. The normalized spacial score (nSPS) is 18.3. The molecule has 0 aliphatic carbocycles. The van der Waals surface area contributed by atoms with Crippen molar-refractivity contribution in [1.82, 2.24) is 4.41 Å². The van der Waals surface area contributed by atoms with Gasteiger partial charge in [0.25, 0.3) is 10.0 Å². The molecule has 9 heteroatoms. The molecule has 0 saturated carbocycles. The van der Waals surface area contributed by atoms with Crippen molar-refractivity contribution in [2.45, 2.75) is 36.9 Å². The second kappa shape index (κ2) is 7.42. The molecular formula is C18H16F3IN2O2S. The maximum Gasteiger partial charge on any atom is 0.416 e. The molecule has 0 saturated heterocycles. The van der Waals surface area contributed by atoms with Gasteiger partial charge in [-0.3, -0.25) is 0 Å². The minimum atomic E-state index is -4.47. The summed E-state index contributed by atoms with van der Waals surface area (Å²) in [5.41, 5.74) is -0.179. The molecule has 0 radical (unpaired) electrons. The lowest BCUT2D eigenvalue weighted by Crippen LogP contribution is -2.38. The molecule has 0 fully saturated rings. The molecule has 2 aromatic carbocycles. The van der Waals surface area contributed by atoms with Gasteiger partial charge in [-0.05, 0) is 84.3 Å². The standard InChI is InChI=1S/C18H16F3IN2O2S/c1-12-5-10-17(13-3-2-4-14(11-13)18(19,20)21)23-24(12)27(25,26)16-8-6-15(22)7-9-16/h2-4,6-9,11-12H,5,10H2,1H3. The Balaban J connectivity index is 2.01. The number of rotatable bonds is 3. The summed E-state index contributed by atoms with van der Waals surface area (Å²) in [6.07, 6.45) is -3.59. The number of nitrogens with zero attached hydrogens (tertiary/aromatic N) is 2. The van der Waals surface area contributed by atoms with Gasteiger partial charge in [0.2, 0.25) is 0 Å². The van der Waals surface area contributed by atoms with E-state index in [4.69, 9.17) is 0 Å². The van der Waals surface area contributed by atoms with Crippen LogP contribution in [0, 0.1) is 3.57 Å². The summed E-state index contributed by atoms with van der Waals surface area (Å²) < 4.78 is 66.7. The third kappa shape index (κ3) is 4.29. The quantitative estimate of drug-likeness (QED) is 0.555. The smallest absolute Gasteiger partial charge is 0.200 e. The number of hydrogen-bond donors (Lipinski definition) is 0. The molecule has 3 rings (SSSR count). The van der Waals surface area contributed by atoms with Crippen LogP contribution in [0.25, 0.3) is 0 Å². The van der Waals surface area contributed by atoms with E-state index in [1.807, 2.05) is 0 Å². The predicted octanol–water partition coefficient (Wildman–Crippen LogP) is 4.89. The van der Waals surface area contributed by atoms with Crippen LogP contribution in [0.3, 0.4) is 0 Å². The summed E-state index contributed by atoms with van der Waals surface area (Å²) in [5.74, 6) is 0. The lowest BCUT2D eigenvalue weighted by atomic mass is 10.00. The van der Waals surface area contributed by atoms with Crippen molar-refractivity contribution in [2.24, 2.45) is 5.10 Å². The second-order valence-electron chi connectivity index (χ2n) is 6.24. The molecule has 1 aliphatic rings. The Bertz CT molecular complexity index is 973. The van der Waals surface area contributed by atoms with Gasteiger partial charge in [0.05, 0.1) is 22.2 Å². The highest BCUT2D eigenvalue weighted by molar-refractivity contribution is 14.1. The molecular weight excluding hydrogens is 492 g/mol. The largest absolute Gasteiger partial charge is 0.416 e. The van der Waals surface area contributed by atoms with Crippen LogP contribution in [-0.4, -0.2) is 24.6 Å². The van der Waals surface area contributed by atoms with E-state index in [2.05, 4.69) is 27.7 Å². The van der Waals surface area contributed by atoms with Gasteiger partial charge in [-0.15, -0.1) is 0 Å². The molecule has 0 amide bonds. The molecule has 4 nitrogen and oxygen atoms in total. The first kappa shape index (κ1) is 20.1. The maximum atomic E-state index is 13.0. The van der Waals surface area contributed by atoms with Crippen molar-refractivity contribution < 1.29 is 21.6 Å². The Hall–Kier alpha value is -1.62. The molecule has 1 unspecified atom stereocenters. The summed E-state index contributed by atoms with van der Waals surface area (Å²) in [6, 6.07) is 10.8. The van der Waals surface area contributed by atoms with E-state index in [1.165, 1.54) is 24.3 Å². The van der Waals surface area contributed by atoms with Crippen molar-refractivity contribution in [3.63, 3.8) is 0 Å². The number of alkyl halides is 3. The van der Waals surface area contributed by atoms with Crippen LogP contribution in [0.5, 0.6) is 0 Å². The van der Waals surface area contributed by atoms with E-state index in [0.29, 0.717) is 18.6 Å². The highest BCUT2D eigenvalue weighted by Gasteiger charge is 2.33. The van der Waals surface area contributed by atoms with E-state index in [-0.39, 0.29) is 16.5 Å². The molecule has 0 spiro atoms. The van der Waals surface area contributed by atoms with E-state index >= 15 is 0 Å². The van der Waals surface area contributed by atoms with Gasteiger partial charge in [-0.25, -0.2) is 0 Å². The molecule has 1 aliphatic heterocycles. The fraction of sp³-hybridized carbons (Fsp3) is 0.278. The summed E-state index contributed by atoms with van der Waals surface area (Å²) >= 11 is 2.08. The molecule has 0 bridgehead atoms. The first-order valence-corrected chi connectivity index (χ1v) is 10.7. The van der Waals surface area contributed by atoms with Gasteiger partial charge in [0, 0.05) is 3.57 Å². The minimum absolute atomic E-state index is 0.101. The third-order valence-electron chi connectivity index (χ3n) is 4.28. The molecule has 27 heavy (non-hydrogen) atoms.